The molecule has 0 bridgehead atoms. The summed E-state index contributed by atoms with van der Waals surface area (Å²) in [5.74, 6) is 0.909. The van der Waals surface area contributed by atoms with Gasteiger partial charge in [-0.1, -0.05) is 54.6 Å². The molecule has 0 saturated carbocycles. The highest BCUT2D eigenvalue weighted by atomic mass is 15.3. The van der Waals surface area contributed by atoms with Crippen LogP contribution in [0.1, 0.15) is 36.5 Å². The SMILES string of the molecule is CCNC(=NCc1cccc(Cn2cccn2)c1)NC1CCN(Cc2ccccc2)CC1. The van der Waals surface area contributed by atoms with Crippen LogP contribution in [-0.2, 0) is 19.6 Å². The number of likely N-dealkylation sites (tertiary alicyclic amines) is 1. The molecule has 32 heavy (non-hydrogen) atoms. The molecule has 0 radical (unpaired) electrons. The summed E-state index contributed by atoms with van der Waals surface area (Å²) in [5, 5.41) is 11.4. The van der Waals surface area contributed by atoms with E-state index in [-0.39, 0.29) is 0 Å². The van der Waals surface area contributed by atoms with Gasteiger partial charge in [0.1, 0.15) is 0 Å². The molecule has 1 saturated heterocycles. The third kappa shape index (κ3) is 6.69. The zero-order chi connectivity index (χ0) is 22.0. The molecule has 4 rings (SSSR count). The van der Waals surface area contributed by atoms with E-state index in [1.165, 1.54) is 16.7 Å². The summed E-state index contributed by atoms with van der Waals surface area (Å²) in [6.07, 6.45) is 6.07. The second kappa shape index (κ2) is 11.5. The molecule has 0 spiro atoms. The monoisotopic (exact) mass is 430 g/mol. The van der Waals surface area contributed by atoms with E-state index in [4.69, 9.17) is 4.99 Å². The first-order valence-corrected chi connectivity index (χ1v) is 11.6. The van der Waals surface area contributed by atoms with Gasteiger partial charge in [-0.3, -0.25) is 9.58 Å². The average Bonchev–Trinajstić information content (AvgIpc) is 3.33. The van der Waals surface area contributed by atoms with E-state index >= 15 is 0 Å². The number of aromatic nitrogens is 2. The Kier molecular flexibility index (Phi) is 7.93. The van der Waals surface area contributed by atoms with Crippen LogP contribution in [0.5, 0.6) is 0 Å². The predicted molar refractivity (Wildman–Crippen MR) is 130 cm³/mol. The molecule has 6 nitrogen and oxygen atoms in total. The van der Waals surface area contributed by atoms with Crippen LogP contribution < -0.4 is 10.6 Å². The molecule has 3 aromatic rings. The minimum Gasteiger partial charge on any atom is -0.357 e. The summed E-state index contributed by atoms with van der Waals surface area (Å²) in [5.41, 5.74) is 3.85. The normalized spacial score (nSPS) is 15.6. The first-order valence-electron chi connectivity index (χ1n) is 11.6. The van der Waals surface area contributed by atoms with Crippen molar-refractivity contribution in [2.45, 2.75) is 45.4 Å². The Morgan fingerprint density at radius 1 is 0.969 bits per heavy atom. The van der Waals surface area contributed by atoms with Crippen LogP contribution in [-0.4, -0.2) is 46.3 Å². The Labute approximate surface area is 191 Å². The largest absolute Gasteiger partial charge is 0.357 e. The van der Waals surface area contributed by atoms with E-state index in [1.807, 2.05) is 23.1 Å². The quantitative estimate of drug-likeness (QED) is 0.423. The predicted octanol–water partition coefficient (Wildman–Crippen LogP) is 3.65. The third-order valence-electron chi connectivity index (χ3n) is 5.84. The van der Waals surface area contributed by atoms with Gasteiger partial charge >= 0.3 is 0 Å². The summed E-state index contributed by atoms with van der Waals surface area (Å²) < 4.78 is 1.94. The fraction of sp³-hybridized carbons (Fsp3) is 0.385. The van der Waals surface area contributed by atoms with Crippen molar-refractivity contribution in [2.24, 2.45) is 4.99 Å². The van der Waals surface area contributed by atoms with Crippen LogP contribution in [0.3, 0.4) is 0 Å². The highest BCUT2D eigenvalue weighted by molar-refractivity contribution is 5.80. The van der Waals surface area contributed by atoms with Crippen molar-refractivity contribution in [1.29, 1.82) is 0 Å². The molecule has 6 heteroatoms. The highest BCUT2D eigenvalue weighted by Crippen LogP contribution is 2.14. The molecule has 0 atom stereocenters. The number of rotatable bonds is 8. The van der Waals surface area contributed by atoms with E-state index in [0.717, 1.165) is 51.5 Å². The lowest BCUT2D eigenvalue weighted by Crippen LogP contribution is -2.48. The van der Waals surface area contributed by atoms with Crippen LogP contribution in [0.15, 0.2) is 78.0 Å². The smallest absolute Gasteiger partial charge is 0.191 e. The number of hydrogen-bond acceptors (Lipinski definition) is 3. The molecule has 2 heterocycles. The zero-order valence-corrected chi connectivity index (χ0v) is 19.0. The first kappa shape index (κ1) is 22.1. The Bertz CT molecular complexity index is 959. The minimum atomic E-state index is 0.464. The summed E-state index contributed by atoms with van der Waals surface area (Å²) in [6, 6.07) is 21.8. The Morgan fingerprint density at radius 2 is 1.75 bits per heavy atom. The van der Waals surface area contributed by atoms with Crippen molar-refractivity contribution < 1.29 is 0 Å². The van der Waals surface area contributed by atoms with Gasteiger partial charge in [0.05, 0.1) is 13.1 Å². The van der Waals surface area contributed by atoms with Gasteiger partial charge in [0.2, 0.25) is 0 Å². The maximum absolute atomic E-state index is 4.86. The molecular weight excluding hydrogens is 396 g/mol. The van der Waals surface area contributed by atoms with Gasteiger partial charge < -0.3 is 10.6 Å². The lowest BCUT2D eigenvalue weighted by atomic mass is 10.0. The average molecular weight is 431 g/mol. The molecule has 0 amide bonds. The molecule has 2 N–H and O–H groups in total. The van der Waals surface area contributed by atoms with Gasteiger partial charge in [-0.25, -0.2) is 4.99 Å². The summed E-state index contributed by atoms with van der Waals surface area (Å²) in [4.78, 5) is 7.41. The second-order valence-electron chi connectivity index (χ2n) is 8.40. The van der Waals surface area contributed by atoms with Crippen LogP contribution in [0.25, 0.3) is 0 Å². The van der Waals surface area contributed by atoms with E-state index in [9.17, 15) is 0 Å². The van der Waals surface area contributed by atoms with Crippen molar-refractivity contribution in [3.63, 3.8) is 0 Å². The molecule has 1 aromatic heterocycles. The number of benzene rings is 2. The summed E-state index contributed by atoms with van der Waals surface area (Å²) >= 11 is 0. The maximum Gasteiger partial charge on any atom is 0.191 e. The number of guanidine groups is 1. The lowest BCUT2D eigenvalue weighted by Gasteiger charge is -2.33. The van der Waals surface area contributed by atoms with E-state index in [2.05, 4.69) is 82.2 Å². The number of piperidine rings is 1. The molecule has 2 aromatic carbocycles. The Balaban J connectivity index is 1.29. The van der Waals surface area contributed by atoms with Gasteiger partial charge in [0.25, 0.3) is 0 Å². The molecule has 0 aliphatic carbocycles. The lowest BCUT2D eigenvalue weighted by molar-refractivity contribution is 0.198. The van der Waals surface area contributed by atoms with Crippen molar-refractivity contribution in [3.05, 3.63) is 89.7 Å². The van der Waals surface area contributed by atoms with Crippen molar-refractivity contribution >= 4 is 5.96 Å². The van der Waals surface area contributed by atoms with Gasteiger partial charge in [-0.05, 0) is 42.5 Å². The molecule has 1 aliphatic heterocycles. The number of hydrogen-bond donors (Lipinski definition) is 2. The maximum atomic E-state index is 4.86. The van der Waals surface area contributed by atoms with Gasteiger partial charge in [0.15, 0.2) is 5.96 Å². The molecule has 0 unspecified atom stereocenters. The molecule has 1 fully saturated rings. The fourth-order valence-electron chi connectivity index (χ4n) is 4.17. The Morgan fingerprint density at radius 3 is 2.50 bits per heavy atom. The van der Waals surface area contributed by atoms with Crippen molar-refractivity contribution in [1.82, 2.24) is 25.3 Å². The van der Waals surface area contributed by atoms with Crippen LogP contribution in [0.4, 0.5) is 0 Å². The van der Waals surface area contributed by atoms with Gasteiger partial charge in [-0.15, -0.1) is 0 Å². The third-order valence-corrected chi connectivity index (χ3v) is 5.84. The molecule has 1 aliphatic rings. The number of aliphatic imine (C=N–C) groups is 1. The number of nitrogens with one attached hydrogen (secondary N) is 2. The van der Waals surface area contributed by atoms with Crippen LogP contribution >= 0.6 is 0 Å². The molecule has 168 valence electrons. The standard InChI is InChI=1S/C26H34N6/c1-2-27-26(28-19-23-10-6-11-24(18-23)21-32-15-7-14-29-32)30-25-12-16-31(17-13-25)20-22-8-4-3-5-9-22/h3-11,14-15,18,25H,2,12-13,16-17,19-21H2,1H3,(H2,27,28,30). The second-order valence-corrected chi connectivity index (χ2v) is 8.40. The van der Waals surface area contributed by atoms with Crippen molar-refractivity contribution in [3.8, 4) is 0 Å². The van der Waals surface area contributed by atoms with E-state index in [1.54, 1.807) is 0 Å². The fourth-order valence-corrected chi connectivity index (χ4v) is 4.17. The Hall–Kier alpha value is -3.12. The molecular formula is C26H34N6. The highest BCUT2D eigenvalue weighted by Gasteiger charge is 2.20. The topological polar surface area (TPSA) is 57.5 Å². The van der Waals surface area contributed by atoms with E-state index in [0.29, 0.717) is 12.6 Å². The van der Waals surface area contributed by atoms with Gasteiger partial charge in [-0.2, -0.15) is 5.10 Å². The zero-order valence-electron chi connectivity index (χ0n) is 19.0. The van der Waals surface area contributed by atoms with E-state index < -0.39 is 0 Å². The van der Waals surface area contributed by atoms with Crippen molar-refractivity contribution in [2.75, 3.05) is 19.6 Å². The summed E-state index contributed by atoms with van der Waals surface area (Å²) in [7, 11) is 0. The first-order chi connectivity index (χ1) is 15.8. The van der Waals surface area contributed by atoms with Crippen LogP contribution in [0, 0.1) is 0 Å². The van der Waals surface area contributed by atoms with Crippen LogP contribution in [0.2, 0.25) is 0 Å². The van der Waals surface area contributed by atoms with Gasteiger partial charge in [0, 0.05) is 44.6 Å². The number of nitrogens with zero attached hydrogens (tertiary/aromatic N) is 4. The summed E-state index contributed by atoms with van der Waals surface area (Å²) in [6.45, 7) is 7.68. The minimum absolute atomic E-state index is 0.464.